The van der Waals surface area contributed by atoms with Gasteiger partial charge in [0, 0.05) is 23.7 Å². The first-order valence-corrected chi connectivity index (χ1v) is 7.78. The van der Waals surface area contributed by atoms with Crippen LogP contribution in [-0.4, -0.2) is 35.8 Å². The van der Waals surface area contributed by atoms with E-state index in [-0.39, 0.29) is 12.4 Å². The van der Waals surface area contributed by atoms with Gasteiger partial charge < -0.3 is 9.47 Å². The van der Waals surface area contributed by atoms with E-state index in [1.165, 1.54) is 4.90 Å². The van der Waals surface area contributed by atoms with Crippen LogP contribution in [0, 0.1) is 0 Å². The molecule has 126 valence electrons. The summed E-state index contributed by atoms with van der Waals surface area (Å²) in [5.74, 6) is 0.268. The van der Waals surface area contributed by atoms with Crippen molar-refractivity contribution in [2.24, 2.45) is 0 Å². The molecule has 0 aliphatic carbocycles. The molecule has 0 radical (unpaired) electrons. The molecule has 1 aliphatic rings. The van der Waals surface area contributed by atoms with Crippen molar-refractivity contribution in [2.45, 2.75) is 52.1 Å². The number of hydrogen-bond acceptors (Lipinski definition) is 5. The van der Waals surface area contributed by atoms with Gasteiger partial charge in [-0.05, 0) is 33.8 Å². The van der Waals surface area contributed by atoms with Gasteiger partial charge in [-0.3, -0.25) is 9.69 Å². The van der Waals surface area contributed by atoms with Gasteiger partial charge in [0.2, 0.25) is 0 Å². The minimum atomic E-state index is -0.591. The lowest BCUT2D eigenvalue weighted by Crippen LogP contribution is -2.40. The van der Waals surface area contributed by atoms with Gasteiger partial charge in [-0.2, -0.15) is 0 Å². The standard InChI is InChI=1S/C17H24N2O4/c1-6-22-13(20)10-17(5)11-19(15(21)23-16(2,3)4)14-12(17)8-7-9-18-14/h7-9H,6,10-11H2,1-5H3. The number of carbonyl (C=O) groups is 2. The molecule has 0 fully saturated rings. The SMILES string of the molecule is CCOC(=O)CC1(C)CN(C(=O)OC(C)(C)C)c2ncccc21. The maximum Gasteiger partial charge on any atom is 0.416 e. The van der Waals surface area contributed by atoms with Crippen molar-refractivity contribution >= 4 is 17.9 Å². The highest BCUT2D eigenvalue weighted by atomic mass is 16.6. The first-order chi connectivity index (χ1) is 10.7. The van der Waals surface area contributed by atoms with Gasteiger partial charge in [-0.1, -0.05) is 13.0 Å². The van der Waals surface area contributed by atoms with E-state index in [1.807, 2.05) is 33.8 Å². The molecule has 0 bridgehead atoms. The van der Waals surface area contributed by atoms with Crippen molar-refractivity contribution in [1.29, 1.82) is 0 Å². The van der Waals surface area contributed by atoms with E-state index in [2.05, 4.69) is 4.98 Å². The van der Waals surface area contributed by atoms with Crippen molar-refractivity contribution in [2.75, 3.05) is 18.1 Å². The normalized spacial score (nSPS) is 20.1. The number of esters is 1. The number of carbonyl (C=O) groups excluding carboxylic acids is 2. The predicted molar refractivity (Wildman–Crippen MR) is 86.4 cm³/mol. The number of aromatic nitrogens is 1. The van der Waals surface area contributed by atoms with Crippen LogP contribution in [0.2, 0.25) is 0 Å². The Balaban J connectivity index is 2.29. The molecule has 1 unspecified atom stereocenters. The molecule has 0 N–H and O–H groups in total. The van der Waals surface area contributed by atoms with Gasteiger partial charge in [-0.25, -0.2) is 9.78 Å². The molecular weight excluding hydrogens is 296 g/mol. The molecule has 1 amide bonds. The van der Waals surface area contributed by atoms with Gasteiger partial charge in [-0.15, -0.1) is 0 Å². The molecule has 1 aliphatic heterocycles. The van der Waals surface area contributed by atoms with Crippen molar-refractivity contribution in [3.8, 4) is 0 Å². The number of fused-ring (bicyclic) bond motifs is 1. The molecule has 0 saturated heterocycles. The van der Waals surface area contributed by atoms with Crippen LogP contribution in [-0.2, 0) is 19.7 Å². The van der Waals surface area contributed by atoms with Crippen LogP contribution in [0.5, 0.6) is 0 Å². The van der Waals surface area contributed by atoms with E-state index in [1.54, 1.807) is 19.2 Å². The summed E-state index contributed by atoms with van der Waals surface area (Å²) < 4.78 is 10.5. The summed E-state index contributed by atoms with van der Waals surface area (Å²) in [4.78, 5) is 30.2. The number of ether oxygens (including phenoxy) is 2. The van der Waals surface area contributed by atoms with Gasteiger partial charge in [0.15, 0.2) is 0 Å². The third kappa shape index (κ3) is 3.81. The lowest BCUT2D eigenvalue weighted by molar-refractivity contribution is -0.144. The third-order valence-electron chi connectivity index (χ3n) is 3.65. The molecule has 0 spiro atoms. The van der Waals surface area contributed by atoms with Crippen LogP contribution < -0.4 is 4.90 Å². The lowest BCUT2D eigenvalue weighted by Gasteiger charge is -2.26. The fourth-order valence-corrected chi connectivity index (χ4v) is 2.74. The molecule has 6 heteroatoms. The number of nitrogens with zero attached hydrogens (tertiary/aromatic N) is 2. The smallest absolute Gasteiger partial charge is 0.416 e. The molecule has 0 aromatic carbocycles. The number of anilines is 1. The zero-order valence-electron chi connectivity index (χ0n) is 14.4. The zero-order chi connectivity index (χ0) is 17.3. The topological polar surface area (TPSA) is 68.7 Å². The van der Waals surface area contributed by atoms with Crippen LogP contribution in [0.25, 0.3) is 0 Å². The van der Waals surface area contributed by atoms with Gasteiger partial charge in [0.05, 0.1) is 13.0 Å². The Bertz CT molecular complexity index is 609. The summed E-state index contributed by atoms with van der Waals surface area (Å²) in [5, 5.41) is 0. The molecular formula is C17H24N2O4. The Morgan fingerprint density at radius 1 is 1.39 bits per heavy atom. The highest BCUT2D eigenvalue weighted by Gasteiger charge is 2.45. The quantitative estimate of drug-likeness (QED) is 0.801. The second-order valence-electron chi connectivity index (χ2n) is 6.98. The zero-order valence-corrected chi connectivity index (χ0v) is 14.4. The molecule has 0 saturated carbocycles. The second kappa shape index (κ2) is 6.18. The average Bonchev–Trinajstić information content (AvgIpc) is 2.71. The number of amides is 1. The molecule has 6 nitrogen and oxygen atoms in total. The number of hydrogen-bond donors (Lipinski definition) is 0. The van der Waals surface area contributed by atoms with Gasteiger partial charge in [0.25, 0.3) is 0 Å². The summed E-state index contributed by atoms with van der Waals surface area (Å²) in [6.07, 6.45) is 1.37. The maximum atomic E-state index is 12.5. The maximum absolute atomic E-state index is 12.5. The van der Waals surface area contributed by atoms with Crippen LogP contribution in [0.15, 0.2) is 18.3 Å². The highest BCUT2D eigenvalue weighted by molar-refractivity contribution is 5.91. The molecule has 23 heavy (non-hydrogen) atoms. The van der Waals surface area contributed by atoms with Crippen LogP contribution in [0.4, 0.5) is 10.6 Å². The minimum Gasteiger partial charge on any atom is -0.466 e. The van der Waals surface area contributed by atoms with Crippen LogP contribution in [0.3, 0.4) is 0 Å². The largest absolute Gasteiger partial charge is 0.466 e. The van der Waals surface area contributed by atoms with Crippen molar-refractivity contribution in [3.63, 3.8) is 0 Å². The van der Waals surface area contributed by atoms with Crippen molar-refractivity contribution in [3.05, 3.63) is 23.9 Å². The lowest BCUT2D eigenvalue weighted by atomic mass is 9.82. The summed E-state index contributed by atoms with van der Waals surface area (Å²) >= 11 is 0. The first-order valence-electron chi connectivity index (χ1n) is 7.78. The van der Waals surface area contributed by atoms with E-state index in [0.29, 0.717) is 19.0 Å². The average molecular weight is 320 g/mol. The van der Waals surface area contributed by atoms with E-state index < -0.39 is 17.1 Å². The van der Waals surface area contributed by atoms with Crippen molar-refractivity contribution < 1.29 is 19.1 Å². The Kier molecular flexibility index (Phi) is 4.63. The molecule has 1 aromatic rings. The van der Waals surface area contributed by atoms with E-state index in [0.717, 1.165) is 5.56 Å². The minimum absolute atomic E-state index is 0.193. The van der Waals surface area contributed by atoms with E-state index in [9.17, 15) is 9.59 Å². The Morgan fingerprint density at radius 3 is 2.70 bits per heavy atom. The van der Waals surface area contributed by atoms with E-state index in [4.69, 9.17) is 9.47 Å². The fraction of sp³-hybridized carbons (Fsp3) is 0.588. The van der Waals surface area contributed by atoms with Crippen LogP contribution >= 0.6 is 0 Å². The van der Waals surface area contributed by atoms with Gasteiger partial charge >= 0.3 is 12.1 Å². The molecule has 1 atom stereocenters. The number of rotatable bonds is 3. The van der Waals surface area contributed by atoms with Gasteiger partial charge in [0.1, 0.15) is 11.4 Å². The monoisotopic (exact) mass is 320 g/mol. The fourth-order valence-electron chi connectivity index (χ4n) is 2.74. The highest BCUT2D eigenvalue weighted by Crippen LogP contribution is 2.42. The number of pyridine rings is 1. The summed E-state index contributed by atoms with van der Waals surface area (Å²) in [6.45, 7) is 9.85. The van der Waals surface area contributed by atoms with Crippen molar-refractivity contribution in [1.82, 2.24) is 4.98 Å². The van der Waals surface area contributed by atoms with Crippen LogP contribution in [0.1, 0.15) is 46.6 Å². The third-order valence-corrected chi connectivity index (χ3v) is 3.65. The Morgan fingerprint density at radius 2 is 2.09 bits per heavy atom. The molecule has 2 heterocycles. The predicted octanol–water partition coefficient (Wildman–Crippen LogP) is 3.05. The van der Waals surface area contributed by atoms with E-state index >= 15 is 0 Å². The Hall–Kier alpha value is -2.11. The Labute approximate surface area is 136 Å². The summed E-state index contributed by atoms with van der Waals surface area (Å²) in [5.41, 5.74) is -0.266. The summed E-state index contributed by atoms with van der Waals surface area (Å²) in [6, 6.07) is 3.70. The second-order valence-corrected chi connectivity index (χ2v) is 6.98. The summed E-state index contributed by atoms with van der Waals surface area (Å²) in [7, 11) is 0. The first kappa shape index (κ1) is 17.2. The molecule has 2 rings (SSSR count). The molecule has 1 aromatic heterocycles.